The SMILES string of the molecule is C[C@H]1C[C@H](NC(=O)c2cc(-c3ccc4ccccc4c3)on2)CC(C)(C)C1. The van der Waals surface area contributed by atoms with Crippen molar-refractivity contribution >= 4 is 16.7 Å². The van der Waals surface area contributed by atoms with Crippen LogP contribution in [0.5, 0.6) is 0 Å². The average molecular weight is 362 g/mol. The highest BCUT2D eigenvalue weighted by Gasteiger charge is 2.33. The van der Waals surface area contributed by atoms with Gasteiger partial charge in [0.15, 0.2) is 11.5 Å². The summed E-state index contributed by atoms with van der Waals surface area (Å²) in [6.07, 6.45) is 3.22. The zero-order valence-electron chi connectivity index (χ0n) is 16.2. The lowest BCUT2D eigenvalue weighted by atomic mass is 9.70. The molecular weight excluding hydrogens is 336 g/mol. The van der Waals surface area contributed by atoms with E-state index in [-0.39, 0.29) is 17.4 Å². The van der Waals surface area contributed by atoms with E-state index in [1.54, 1.807) is 6.07 Å². The van der Waals surface area contributed by atoms with E-state index in [4.69, 9.17) is 4.52 Å². The highest BCUT2D eigenvalue weighted by atomic mass is 16.5. The lowest BCUT2D eigenvalue weighted by molar-refractivity contribution is 0.0865. The molecule has 140 valence electrons. The highest BCUT2D eigenvalue weighted by Crippen LogP contribution is 2.38. The molecule has 1 aliphatic rings. The molecule has 0 radical (unpaired) electrons. The Bertz CT molecular complexity index is 973. The van der Waals surface area contributed by atoms with Crippen LogP contribution in [0.3, 0.4) is 0 Å². The molecule has 4 nitrogen and oxygen atoms in total. The van der Waals surface area contributed by atoms with Crippen LogP contribution in [0.4, 0.5) is 0 Å². The molecule has 1 heterocycles. The van der Waals surface area contributed by atoms with E-state index in [0.717, 1.165) is 23.8 Å². The number of benzene rings is 2. The predicted octanol–water partition coefficient (Wildman–Crippen LogP) is 5.44. The number of amides is 1. The zero-order chi connectivity index (χ0) is 19.0. The van der Waals surface area contributed by atoms with Crippen LogP contribution in [0, 0.1) is 11.3 Å². The summed E-state index contributed by atoms with van der Waals surface area (Å²) >= 11 is 0. The second-order valence-electron chi connectivity index (χ2n) is 8.72. The van der Waals surface area contributed by atoms with Crippen molar-refractivity contribution < 1.29 is 9.32 Å². The van der Waals surface area contributed by atoms with Gasteiger partial charge in [0.1, 0.15) is 0 Å². The minimum atomic E-state index is -0.152. The summed E-state index contributed by atoms with van der Waals surface area (Å²) in [6, 6.07) is 16.2. The maximum absolute atomic E-state index is 12.7. The summed E-state index contributed by atoms with van der Waals surface area (Å²) in [5, 5.41) is 9.47. The van der Waals surface area contributed by atoms with Crippen LogP contribution in [0.2, 0.25) is 0 Å². The number of rotatable bonds is 3. The van der Waals surface area contributed by atoms with Crippen LogP contribution in [0.15, 0.2) is 53.1 Å². The fourth-order valence-electron chi connectivity index (χ4n) is 4.58. The number of nitrogens with zero attached hydrogens (tertiary/aromatic N) is 1. The average Bonchev–Trinajstić information content (AvgIpc) is 3.10. The second-order valence-corrected chi connectivity index (χ2v) is 8.72. The number of fused-ring (bicyclic) bond motifs is 1. The van der Waals surface area contributed by atoms with Crippen LogP contribution >= 0.6 is 0 Å². The first-order valence-electron chi connectivity index (χ1n) is 9.66. The molecule has 0 bridgehead atoms. The van der Waals surface area contributed by atoms with Crippen molar-refractivity contribution in [3.63, 3.8) is 0 Å². The third kappa shape index (κ3) is 3.90. The van der Waals surface area contributed by atoms with E-state index in [9.17, 15) is 4.79 Å². The highest BCUT2D eigenvalue weighted by molar-refractivity contribution is 5.94. The standard InChI is InChI=1S/C23H26N2O2/c1-15-10-19(14-23(2,3)13-15)24-22(26)20-12-21(27-25-20)18-9-8-16-6-4-5-7-17(16)11-18/h4-9,11-12,15,19H,10,13-14H2,1-3H3,(H,24,26)/t15-,19-/m0/s1. The van der Waals surface area contributed by atoms with Crippen LogP contribution < -0.4 is 5.32 Å². The molecule has 1 saturated carbocycles. The number of nitrogens with one attached hydrogen (secondary N) is 1. The van der Waals surface area contributed by atoms with Gasteiger partial charge >= 0.3 is 0 Å². The molecule has 3 aromatic rings. The van der Waals surface area contributed by atoms with Crippen molar-refractivity contribution in [1.29, 1.82) is 0 Å². The third-order valence-corrected chi connectivity index (χ3v) is 5.50. The summed E-state index contributed by atoms with van der Waals surface area (Å²) in [6.45, 7) is 6.81. The quantitative estimate of drug-likeness (QED) is 0.675. The van der Waals surface area contributed by atoms with Crippen molar-refractivity contribution in [2.45, 2.75) is 46.1 Å². The van der Waals surface area contributed by atoms with E-state index in [1.807, 2.05) is 18.2 Å². The van der Waals surface area contributed by atoms with Gasteiger partial charge in [-0.25, -0.2) is 0 Å². The molecule has 2 atom stereocenters. The Labute approximate surface area is 159 Å². The minimum absolute atomic E-state index is 0.152. The van der Waals surface area contributed by atoms with Gasteiger partial charge in [-0.1, -0.05) is 62.3 Å². The van der Waals surface area contributed by atoms with Crippen LogP contribution in [0.1, 0.15) is 50.5 Å². The Balaban J connectivity index is 1.50. The maximum atomic E-state index is 12.7. The Morgan fingerprint density at radius 1 is 1.11 bits per heavy atom. The molecule has 1 aliphatic carbocycles. The van der Waals surface area contributed by atoms with Crippen molar-refractivity contribution in [2.24, 2.45) is 11.3 Å². The van der Waals surface area contributed by atoms with E-state index in [0.29, 0.717) is 17.4 Å². The molecule has 4 rings (SSSR count). The van der Waals surface area contributed by atoms with Gasteiger partial charge in [-0.2, -0.15) is 0 Å². The summed E-state index contributed by atoms with van der Waals surface area (Å²) in [7, 11) is 0. The summed E-state index contributed by atoms with van der Waals surface area (Å²) in [5.41, 5.74) is 1.53. The number of hydrogen-bond acceptors (Lipinski definition) is 3. The van der Waals surface area contributed by atoms with Crippen LogP contribution in [-0.2, 0) is 0 Å². The van der Waals surface area contributed by atoms with Gasteiger partial charge in [0.25, 0.3) is 5.91 Å². The molecular formula is C23H26N2O2. The first-order chi connectivity index (χ1) is 12.9. The number of hydrogen-bond donors (Lipinski definition) is 1. The van der Waals surface area contributed by atoms with Gasteiger partial charge in [-0.3, -0.25) is 4.79 Å². The largest absolute Gasteiger partial charge is 0.355 e. The predicted molar refractivity (Wildman–Crippen MR) is 107 cm³/mol. The fraction of sp³-hybridized carbons (Fsp3) is 0.391. The summed E-state index contributed by atoms with van der Waals surface area (Å²) in [5.74, 6) is 1.08. The monoisotopic (exact) mass is 362 g/mol. The molecule has 0 aliphatic heterocycles. The smallest absolute Gasteiger partial charge is 0.273 e. The van der Waals surface area contributed by atoms with E-state index in [1.165, 1.54) is 11.8 Å². The minimum Gasteiger partial charge on any atom is -0.355 e. The van der Waals surface area contributed by atoms with Gasteiger partial charge in [0.2, 0.25) is 0 Å². The van der Waals surface area contributed by atoms with Crippen molar-refractivity contribution in [1.82, 2.24) is 10.5 Å². The molecule has 27 heavy (non-hydrogen) atoms. The lowest BCUT2D eigenvalue weighted by Crippen LogP contribution is -2.43. The molecule has 1 N–H and O–H groups in total. The molecule has 1 aromatic heterocycles. The third-order valence-electron chi connectivity index (χ3n) is 5.50. The molecule has 1 amide bonds. The van der Waals surface area contributed by atoms with Gasteiger partial charge in [-0.05, 0) is 47.4 Å². The molecule has 1 fully saturated rings. The second kappa shape index (κ2) is 6.84. The van der Waals surface area contributed by atoms with Crippen molar-refractivity contribution in [3.05, 3.63) is 54.2 Å². The molecule has 4 heteroatoms. The molecule has 0 unspecified atom stereocenters. The molecule has 0 saturated heterocycles. The van der Waals surface area contributed by atoms with Crippen molar-refractivity contribution in [2.75, 3.05) is 0 Å². The van der Waals surface area contributed by atoms with Crippen LogP contribution in [0.25, 0.3) is 22.1 Å². The van der Waals surface area contributed by atoms with Gasteiger partial charge in [-0.15, -0.1) is 0 Å². The van der Waals surface area contributed by atoms with Gasteiger partial charge in [0, 0.05) is 17.7 Å². The normalized spacial score (nSPS) is 21.9. The zero-order valence-corrected chi connectivity index (χ0v) is 16.2. The Kier molecular flexibility index (Phi) is 4.50. The Morgan fingerprint density at radius 2 is 1.89 bits per heavy atom. The van der Waals surface area contributed by atoms with Crippen LogP contribution in [-0.4, -0.2) is 17.1 Å². The summed E-state index contributed by atoms with van der Waals surface area (Å²) < 4.78 is 5.46. The maximum Gasteiger partial charge on any atom is 0.273 e. The van der Waals surface area contributed by atoms with E-state index < -0.39 is 0 Å². The van der Waals surface area contributed by atoms with Gasteiger partial charge < -0.3 is 9.84 Å². The van der Waals surface area contributed by atoms with Gasteiger partial charge in [0.05, 0.1) is 0 Å². The van der Waals surface area contributed by atoms with E-state index in [2.05, 4.69) is 55.5 Å². The van der Waals surface area contributed by atoms with E-state index >= 15 is 0 Å². The lowest BCUT2D eigenvalue weighted by Gasteiger charge is -2.39. The fourth-order valence-corrected chi connectivity index (χ4v) is 4.58. The number of aromatic nitrogens is 1. The summed E-state index contributed by atoms with van der Waals surface area (Å²) in [4.78, 5) is 12.7. The number of carbonyl (C=O) groups excluding carboxylic acids is 1. The topological polar surface area (TPSA) is 55.1 Å². The molecule has 0 spiro atoms. The first-order valence-corrected chi connectivity index (χ1v) is 9.66. The Morgan fingerprint density at radius 3 is 2.67 bits per heavy atom. The first kappa shape index (κ1) is 17.8. The molecule has 2 aromatic carbocycles. The number of carbonyl (C=O) groups is 1. The van der Waals surface area contributed by atoms with Crippen molar-refractivity contribution in [3.8, 4) is 11.3 Å². The Hall–Kier alpha value is -2.62.